The van der Waals surface area contributed by atoms with Crippen LogP contribution < -0.4 is 11.1 Å². The number of hydrogen-bond acceptors (Lipinski definition) is 3. The lowest BCUT2D eigenvalue weighted by atomic mass is 9.66. The summed E-state index contributed by atoms with van der Waals surface area (Å²) in [5.74, 6) is -1.07. The van der Waals surface area contributed by atoms with E-state index in [1.165, 1.54) is 0 Å². The van der Waals surface area contributed by atoms with Crippen molar-refractivity contribution in [1.82, 2.24) is 5.32 Å². The summed E-state index contributed by atoms with van der Waals surface area (Å²) in [7, 11) is 0. The maximum Gasteiger partial charge on any atom is 0.303 e. The van der Waals surface area contributed by atoms with Crippen molar-refractivity contribution in [2.24, 2.45) is 11.1 Å². The third-order valence-corrected chi connectivity index (χ3v) is 4.02. The number of carboxylic acids is 1. The number of aliphatic carboxylic acids is 1. The zero-order valence-electron chi connectivity index (χ0n) is 11.3. The molecule has 0 saturated heterocycles. The van der Waals surface area contributed by atoms with E-state index >= 15 is 0 Å². The van der Waals surface area contributed by atoms with Crippen molar-refractivity contribution in [3.8, 4) is 0 Å². The van der Waals surface area contributed by atoms with Crippen molar-refractivity contribution in [1.29, 1.82) is 0 Å². The maximum atomic E-state index is 12.0. The van der Waals surface area contributed by atoms with E-state index in [2.05, 4.69) is 5.32 Å². The Bertz CT molecular complexity index is 483. The van der Waals surface area contributed by atoms with Crippen molar-refractivity contribution in [3.05, 3.63) is 35.9 Å². The van der Waals surface area contributed by atoms with Crippen molar-refractivity contribution in [2.75, 3.05) is 6.54 Å². The van der Waals surface area contributed by atoms with Crippen LogP contribution in [-0.2, 0) is 9.59 Å². The summed E-state index contributed by atoms with van der Waals surface area (Å²) >= 11 is 0. The Morgan fingerprint density at radius 1 is 1.30 bits per heavy atom. The Kier molecular flexibility index (Phi) is 4.39. The predicted octanol–water partition coefficient (Wildman–Crippen LogP) is 1.45. The fraction of sp³-hybridized carbons (Fsp3) is 0.467. The fourth-order valence-corrected chi connectivity index (χ4v) is 2.61. The number of carboxylic acid groups (broad SMARTS) is 1. The minimum atomic E-state index is -0.814. The molecule has 1 aromatic rings. The van der Waals surface area contributed by atoms with E-state index in [-0.39, 0.29) is 17.7 Å². The molecule has 0 aliphatic heterocycles. The number of hydrogen-bond donors (Lipinski definition) is 3. The van der Waals surface area contributed by atoms with Gasteiger partial charge in [-0.2, -0.15) is 0 Å². The van der Waals surface area contributed by atoms with Gasteiger partial charge in [0.25, 0.3) is 0 Å². The number of nitrogens with one attached hydrogen (secondary N) is 1. The molecule has 108 valence electrons. The molecule has 5 heteroatoms. The lowest BCUT2D eigenvalue weighted by Crippen LogP contribution is -2.45. The Balaban J connectivity index is 1.90. The number of benzene rings is 1. The zero-order chi connectivity index (χ0) is 14.6. The van der Waals surface area contributed by atoms with E-state index in [9.17, 15) is 9.59 Å². The molecule has 0 bridgehead atoms. The lowest BCUT2D eigenvalue weighted by Gasteiger charge is -2.41. The quantitative estimate of drug-likeness (QED) is 0.733. The number of carbonyl (C=O) groups excluding carboxylic acids is 1. The number of carbonyl (C=O) groups is 2. The molecule has 1 aliphatic rings. The second-order valence-electron chi connectivity index (χ2n) is 5.53. The largest absolute Gasteiger partial charge is 0.481 e. The van der Waals surface area contributed by atoms with Crippen LogP contribution in [0.4, 0.5) is 0 Å². The lowest BCUT2D eigenvalue weighted by molar-refractivity contribution is -0.142. The van der Waals surface area contributed by atoms with Gasteiger partial charge in [0.2, 0.25) is 5.91 Å². The molecule has 1 aliphatic carbocycles. The normalized spacial score (nSPS) is 17.9. The summed E-state index contributed by atoms with van der Waals surface area (Å²) in [5, 5.41) is 11.7. The zero-order valence-corrected chi connectivity index (χ0v) is 11.3. The Labute approximate surface area is 118 Å². The highest BCUT2D eigenvalue weighted by Crippen LogP contribution is 2.43. The molecule has 20 heavy (non-hydrogen) atoms. The molecular formula is C15H20N2O3. The maximum absolute atomic E-state index is 12.0. The molecule has 4 N–H and O–H groups in total. The number of nitrogens with two attached hydrogens (primary N) is 1. The molecule has 5 nitrogen and oxygen atoms in total. The summed E-state index contributed by atoms with van der Waals surface area (Å²) in [6.07, 6.45) is 2.82. The first-order valence-corrected chi connectivity index (χ1v) is 6.82. The Hall–Kier alpha value is -1.88. The predicted molar refractivity (Wildman–Crippen MR) is 74.9 cm³/mol. The van der Waals surface area contributed by atoms with E-state index in [1.807, 2.05) is 18.2 Å². The first-order chi connectivity index (χ1) is 9.52. The topological polar surface area (TPSA) is 92.4 Å². The highest BCUT2D eigenvalue weighted by atomic mass is 16.4. The average molecular weight is 276 g/mol. The van der Waals surface area contributed by atoms with Crippen molar-refractivity contribution in [3.63, 3.8) is 0 Å². The minimum absolute atomic E-state index is 0.105. The van der Waals surface area contributed by atoms with E-state index in [1.54, 1.807) is 12.1 Å². The van der Waals surface area contributed by atoms with Crippen molar-refractivity contribution in [2.45, 2.75) is 31.7 Å². The van der Waals surface area contributed by atoms with E-state index < -0.39 is 12.0 Å². The van der Waals surface area contributed by atoms with Gasteiger partial charge < -0.3 is 16.2 Å². The van der Waals surface area contributed by atoms with Crippen LogP contribution in [0.5, 0.6) is 0 Å². The smallest absolute Gasteiger partial charge is 0.303 e. The van der Waals surface area contributed by atoms with Gasteiger partial charge in [0.05, 0.1) is 6.42 Å². The monoisotopic (exact) mass is 276 g/mol. The summed E-state index contributed by atoms with van der Waals surface area (Å²) in [6.45, 7) is 0.388. The van der Waals surface area contributed by atoms with Gasteiger partial charge in [-0.15, -0.1) is 0 Å². The Morgan fingerprint density at radius 2 is 1.95 bits per heavy atom. The van der Waals surface area contributed by atoms with Crippen LogP contribution in [0.3, 0.4) is 0 Å². The molecule has 1 atom stereocenters. The summed E-state index contributed by atoms with van der Waals surface area (Å²) < 4.78 is 0. The number of rotatable bonds is 6. The first kappa shape index (κ1) is 14.5. The van der Waals surface area contributed by atoms with Crippen LogP contribution in [0.2, 0.25) is 0 Å². The van der Waals surface area contributed by atoms with Gasteiger partial charge in [-0.1, -0.05) is 36.8 Å². The van der Waals surface area contributed by atoms with Crippen LogP contribution in [0, 0.1) is 5.41 Å². The molecule has 1 unspecified atom stereocenters. The summed E-state index contributed by atoms with van der Waals surface area (Å²) in [5.41, 5.74) is 6.38. The summed E-state index contributed by atoms with van der Waals surface area (Å²) in [6, 6.07) is 8.44. The van der Waals surface area contributed by atoms with Gasteiger partial charge in [-0.3, -0.25) is 9.59 Å². The molecule has 0 radical (unpaired) electrons. The average Bonchev–Trinajstić information content (AvgIpc) is 2.41. The highest BCUT2D eigenvalue weighted by Gasteiger charge is 2.39. The van der Waals surface area contributed by atoms with Gasteiger partial charge in [0.15, 0.2) is 0 Å². The molecule has 1 aromatic carbocycles. The van der Waals surface area contributed by atoms with E-state index in [0.29, 0.717) is 6.54 Å². The molecule has 0 aromatic heterocycles. The minimum Gasteiger partial charge on any atom is -0.481 e. The standard InChI is InChI=1S/C15H20N2O3/c16-13(11-5-2-1-3-6-11)14(20)17-10-15(7-4-8-15)9-12(18)19/h1-3,5-6,13H,4,7-10,16H2,(H,17,20)(H,18,19). The molecule has 0 heterocycles. The van der Waals surface area contributed by atoms with Gasteiger partial charge in [-0.25, -0.2) is 0 Å². The van der Waals surface area contributed by atoms with Crippen molar-refractivity contribution < 1.29 is 14.7 Å². The van der Waals surface area contributed by atoms with Crippen LogP contribution >= 0.6 is 0 Å². The molecule has 1 fully saturated rings. The van der Waals surface area contributed by atoms with E-state index in [0.717, 1.165) is 24.8 Å². The van der Waals surface area contributed by atoms with Gasteiger partial charge >= 0.3 is 5.97 Å². The highest BCUT2D eigenvalue weighted by molar-refractivity contribution is 5.83. The summed E-state index contributed by atoms with van der Waals surface area (Å²) in [4.78, 5) is 22.9. The van der Waals surface area contributed by atoms with Crippen molar-refractivity contribution >= 4 is 11.9 Å². The fourth-order valence-electron chi connectivity index (χ4n) is 2.61. The molecular weight excluding hydrogens is 256 g/mol. The van der Waals surface area contributed by atoms with Crippen LogP contribution in [-0.4, -0.2) is 23.5 Å². The van der Waals surface area contributed by atoms with Gasteiger partial charge in [0, 0.05) is 6.54 Å². The molecule has 1 saturated carbocycles. The Morgan fingerprint density at radius 3 is 2.45 bits per heavy atom. The first-order valence-electron chi connectivity index (χ1n) is 6.82. The second kappa shape index (κ2) is 6.05. The molecule has 2 rings (SSSR count). The molecule has 1 amide bonds. The molecule has 0 spiro atoms. The number of amides is 1. The SMILES string of the molecule is NC(C(=O)NCC1(CC(=O)O)CCC1)c1ccccc1. The third kappa shape index (κ3) is 3.36. The van der Waals surface area contributed by atoms with Gasteiger partial charge in [-0.05, 0) is 23.8 Å². The third-order valence-electron chi connectivity index (χ3n) is 4.02. The van der Waals surface area contributed by atoms with Crippen LogP contribution in [0.25, 0.3) is 0 Å². The van der Waals surface area contributed by atoms with Crippen LogP contribution in [0.15, 0.2) is 30.3 Å². The van der Waals surface area contributed by atoms with E-state index in [4.69, 9.17) is 10.8 Å². The van der Waals surface area contributed by atoms with Crippen LogP contribution in [0.1, 0.15) is 37.3 Å². The van der Waals surface area contributed by atoms with Gasteiger partial charge in [0.1, 0.15) is 6.04 Å². The second-order valence-corrected chi connectivity index (χ2v) is 5.53.